The van der Waals surface area contributed by atoms with E-state index in [1.165, 1.54) is 0 Å². The molecule has 116 valence electrons. The van der Waals surface area contributed by atoms with Gasteiger partial charge in [-0.25, -0.2) is 17.9 Å². The number of sulfonamides is 1. The molecule has 0 saturated carbocycles. The van der Waals surface area contributed by atoms with Gasteiger partial charge >= 0.3 is 6.09 Å². The van der Waals surface area contributed by atoms with Crippen LogP contribution in [0.1, 0.15) is 12.0 Å². The fourth-order valence-corrected chi connectivity index (χ4v) is 3.20. The fourth-order valence-electron chi connectivity index (χ4n) is 2.10. The Morgan fingerprint density at radius 1 is 1.24 bits per heavy atom. The first-order valence-electron chi connectivity index (χ1n) is 7.00. The molecule has 1 aromatic rings. The van der Waals surface area contributed by atoms with Gasteiger partial charge in [-0.2, -0.15) is 0 Å². The molecule has 1 fully saturated rings. The van der Waals surface area contributed by atoms with Gasteiger partial charge in [0.1, 0.15) is 6.61 Å². The average molecular weight is 312 g/mol. The first-order chi connectivity index (χ1) is 10.1. The van der Waals surface area contributed by atoms with Crippen LogP contribution in [0.3, 0.4) is 0 Å². The number of aryl methyl sites for hydroxylation is 1. The molecule has 1 aliphatic heterocycles. The molecule has 21 heavy (non-hydrogen) atoms. The predicted octanol–water partition coefficient (Wildman–Crippen LogP) is 0.991. The maximum atomic E-state index is 11.8. The third-order valence-corrected chi connectivity index (χ3v) is 4.66. The molecule has 0 aliphatic carbocycles. The molecule has 1 aromatic carbocycles. The highest BCUT2D eigenvalue weighted by Crippen LogP contribution is 2.04. The van der Waals surface area contributed by atoms with E-state index < -0.39 is 10.0 Å². The van der Waals surface area contributed by atoms with Gasteiger partial charge in [-0.15, -0.1) is 0 Å². The zero-order valence-electron chi connectivity index (χ0n) is 11.8. The van der Waals surface area contributed by atoms with E-state index in [4.69, 9.17) is 4.74 Å². The maximum Gasteiger partial charge on any atom is 0.409 e. The van der Waals surface area contributed by atoms with Crippen molar-refractivity contribution in [1.29, 1.82) is 0 Å². The molecular weight excluding hydrogens is 292 g/mol. The summed E-state index contributed by atoms with van der Waals surface area (Å²) in [6, 6.07) is 9.51. The number of ether oxygens (including phenoxy) is 1. The number of benzene rings is 1. The van der Waals surface area contributed by atoms with E-state index in [1.54, 1.807) is 4.90 Å². The number of amides is 1. The summed E-state index contributed by atoms with van der Waals surface area (Å²) in [6.07, 6.45) is 0.760. The number of nitrogens with zero attached hydrogens (tertiary/aromatic N) is 1. The molecular formula is C14H20N2O4S. The Labute approximate surface area is 125 Å². The Kier molecular flexibility index (Phi) is 5.58. The van der Waals surface area contributed by atoms with Crippen LogP contribution in [0.15, 0.2) is 30.3 Å². The Hall–Kier alpha value is -1.60. The molecule has 0 unspecified atom stereocenters. The van der Waals surface area contributed by atoms with Crippen molar-refractivity contribution in [2.24, 2.45) is 0 Å². The average Bonchev–Trinajstić information content (AvgIpc) is 2.88. The summed E-state index contributed by atoms with van der Waals surface area (Å²) in [5.41, 5.74) is 1.00. The van der Waals surface area contributed by atoms with Gasteiger partial charge in [0.2, 0.25) is 10.0 Å². The van der Waals surface area contributed by atoms with E-state index in [9.17, 15) is 13.2 Å². The molecule has 1 aliphatic rings. The van der Waals surface area contributed by atoms with Crippen LogP contribution in [0, 0.1) is 0 Å². The lowest BCUT2D eigenvalue weighted by molar-refractivity contribution is 0.158. The van der Waals surface area contributed by atoms with Crippen LogP contribution < -0.4 is 4.72 Å². The maximum absolute atomic E-state index is 11.8. The van der Waals surface area contributed by atoms with E-state index in [2.05, 4.69) is 4.72 Å². The molecule has 0 radical (unpaired) electrons. The Balaban J connectivity index is 1.65. The Bertz CT molecular complexity index is 560. The van der Waals surface area contributed by atoms with Crippen molar-refractivity contribution < 1.29 is 17.9 Å². The van der Waals surface area contributed by atoms with Crippen LogP contribution in [-0.4, -0.2) is 51.4 Å². The Morgan fingerprint density at radius 3 is 2.67 bits per heavy atom. The topological polar surface area (TPSA) is 75.7 Å². The number of nitrogens with one attached hydrogen (secondary N) is 1. The second-order valence-corrected chi connectivity index (χ2v) is 6.83. The summed E-state index contributed by atoms with van der Waals surface area (Å²) >= 11 is 0. The quantitative estimate of drug-likeness (QED) is 0.726. The molecule has 0 bridgehead atoms. The molecule has 7 heteroatoms. The highest BCUT2D eigenvalue weighted by molar-refractivity contribution is 7.89. The van der Waals surface area contributed by atoms with Crippen molar-refractivity contribution in [2.45, 2.75) is 12.8 Å². The minimum absolute atomic E-state index is 0.0722. The van der Waals surface area contributed by atoms with Crippen LogP contribution in [-0.2, 0) is 21.2 Å². The summed E-state index contributed by atoms with van der Waals surface area (Å²) in [7, 11) is -3.27. The second-order valence-electron chi connectivity index (χ2n) is 4.90. The number of hydrogen-bond donors (Lipinski definition) is 1. The number of rotatable bonds is 8. The van der Waals surface area contributed by atoms with Crippen LogP contribution in [0.25, 0.3) is 0 Å². The number of cyclic esters (lactones) is 1. The number of carbonyl (C=O) groups is 1. The molecule has 0 aromatic heterocycles. The fraction of sp³-hybridized carbons (Fsp3) is 0.500. The lowest BCUT2D eigenvalue weighted by Crippen LogP contribution is -2.32. The van der Waals surface area contributed by atoms with Crippen LogP contribution in [0.4, 0.5) is 4.79 Å². The monoisotopic (exact) mass is 312 g/mol. The van der Waals surface area contributed by atoms with E-state index in [1.807, 2.05) is 30.3 Å². The van der Waals surface area contributed by atoms with Crippen molar-refractivity contribution in [1.82, 2.24) is 9.62 Å². The van der Waals surface area contributed by atoms with Crippen molar-refractivity contribution in [3.63, 3.8) is 0 Å². The normalized spacial score (nSPS) is 15.2. The molecule has 6 nitrogen and oxygen atoms in total. The van der Waals surface area contributed by atoms with E-state index in [0.717, 1.165) is 5.56 Å². The lowest BCUT2D eigenvalue weighted by atomic mass is 10.2. The summed E-state index contributed by atoms with van der Waals surface area (Å²) in [4.78, 5) is 12.8. The summed E-state index contributed by atoms with van der Waals surface area (Å²) in [6.45, 7) is 1.85. The molecule has 1 saturated heterocycles. The van der Waals surface area contributed by atoms with E-state index in [0.29, 0.717) is 39.1 Å². The smallest absolute Gasteiger partial charge is 0.409 e. The van der Waals surface area contributed by atoms with E-state index >= 15 is 0 Å². The highest BCUT2D eigenvalue weighted by Gasteiger charge is 2.21. The Morgan fingerprint density at radius 2 is 2.00 bits per heavy atom. The van der Waals surface area contributed by atoms with Gasteiger partial charge in [0.25, 0.3) is 0 Å². The van der Waals surface area contributed by atoms with Crippen molar-refractivity contribution in [2.75, 3.05) is 32.0 Å². The van der Waals surface area contributed by atoms with Gasteiger partial charge < -0.3 is 9.64 Å². The molecule has 2 rings (SSSR count). The SMILES string of the molecule is O=C1OCCN1CCCNS(=O)(=O)CCc1ccccc1. The highest BCUT2D eigenvalue weighted by atomic mass is 32.2. The zero-order chi connectivity index (χ0) is 15.1. The number of carbonyl (C=O) groups excluding carboxylic acids is 1. The summed E-state index contributed by atoms with van der Waals surface area (Å²) in [5, 5.41) is 0. The van der Waals surface area contributed by atoms with Gasteiger partial charge in [0.15, 0.2) is 0 Å². The van der Waals surface area contributed by atoms with Crippen molar-refractivity contribution in [3.05, 3.63) is 35.9 Å². The van der Waals surface area contributed by atoms with E-state index in [-0.39, 0.29) is 11.8 Å². The predicted molar refractivity (Wildman–Crippen MR) is 79.5 cm³/mol. The summed E-state index contributed by atoms with van der Waals surface area (Å²) in [5.74, 6) is 0.0722. The first-order valence-corrected chi connectivity index (χ1v) is 8.65. The van der Waals surface area contributed by atoms with Crippen molar-refractivity contribution in [3.8, 4) is 0 Å². The van der Waals surface area contributed by atoms with Gasteiger partial charge in [-0.1, -0.05) is 30.3 Å². The third-order valence-electron chi connectivity index (χ3n) is 3.27. The third kappa shape index (κ3) is 5.35. The minimum Gasteiger partial charge on any atom is -0.448 e. The first kappa shape index (κ1) is 15.8. The van der Waals surface area contributed by atoms with Crippen LogP contribution >= 0.6 is 0 Å². The van der Waals surface area contributed by atoms with Crippen LogP contribution in [0.2, 0.25) is 0 Å². The largest absolute Gasteiger partial charge is 0.448 e. The van der Waals surface area contributed by atoms with Crippen molar-refractivity contribution >= 4 is 16.1 Å². The summed E-state index contributed by atoms with van der Waals surface area (Å²) < 4.78 is 31.1. The molecule has 1 N–H and O–H groups in total. The lowest BCUT2D eigenvalue weighted by Gasteiger charge is -2.12. The van der Waals surface area contributed by atoms with Gasteiger partial charge in [-0.05, 0) is 18.4 Å². The molecule has 1 amide bonds. The molecule has 1 heterocycles. The number of hydrogen-bond acceptors (Lipinski definition) is 4. The van der Waals surface area contributed by atoms with Gasteiger partial charge in [0, 0.05) is 13.1 Å². The second kappa shape index (κ2) is 7.42. The van der Waals surface area contributed by atoms with Crippen LogP contribution in [0.5, 0.6) is 0 Å². The minimum atomic E-state index is -3.27. The van der Waals surface area contributed by atoms with Gasteiger partial charge in [0.05, 0.1) is 12.3 Å². The molecule has 0 spiro atoms. The standard InChI is InChI=1S/C14H20N2O4S/c17-14-16(10-11-20-14)9-4-8-15-21(18,19)12-7-13-5-2-1-3-6-13/h1-3,5-6,15H,4,7-12H2. The molecule has 0 atom stereocenters. The zero-order valence-corrected chi connectivity index (χ0v) is 12.6. The van der Waals surface area contributed by atoms with Gasteiger partial charge in [-0.3, -0.25) is 0 Å².